The van der Waals surface area contributed by atoms with Gasteiger partial charge in [-0.15, -0.1) is 0 Å². The number of alkyl halides is 2. The normalized spacial score (nSPS) is 36.5. The predicted molar refractivity (Wildman–Crippen MR) is 88.6 cm³/mol. The minimum absolute atomic E-state index is 0.0900. The molecule has 0 spiro atoms. The van der Waals surface area contributed by atoms with E-state index >= 15 is 0 Å². The lowest BCUT2D eigenvalue weighted by Crippen LogP contribution is -2.54. The van der Waals surface area contributed by atoms with Crippen LogP contribution in [0.4, 0.5) is 13.6 Å². The summed E-state index contributed by atoms with van der Waals surface area (Å²) in [5.41, 5.74) is -0.587. The molecule has 2 atom stereocenters. The Labute approximate surface area is 151 Å². The molecule has 9 heteroatoms. The van der Waals surface area contributed by atoms with Crippen LogP contribution in [0.25, 0.3) is 0 Å². The van der Waals surface area contributed by atoms with Crippen LogP contribution >= 0.6 is 0 Å². The zero-order valence-corrected chi connectivity index (χ0v) is 15.0. The summed E-state index contributed by atoms with van der Waals surface area (Å²) >= 11 is 0. The number of ether oxygens (including phenoxy) is 1. The van der Waals surface area contributed by atoms with Crippen molar-refractivity contribution in [2.75, 3.05) is 33.3 Å². The van der Waals surface area contributed by atoms with Gasteiger partial charge in [-0.1, -0.05) is 12.7 Å². The fourth-order valence-corrected chi connectivity index (χ4v) is 4.64. The highest BCUT2D eigenvalue weighted by Gasteiger charge is 2.63. The van der Waals surface area contributed by atoms with Crippen LogP contribution in [0.1, 0.15) is 19.8 Å². The molecule has 7 nitrogen and oxygen atoms in total. The molecule has 1 N–H and O–H groups in total. The van der Waals surface area contributed by atoms with E-state index in [1.807, 2.05) is 6.92 Å². The zero-order valence-electron chi connectivity index (χ0n) is 15.0. The van der Waals surface area contributed by atoms with Crippen LogP contribution in [0.5, 0.6) is 0 Å². The second-order valence-electron chi connectivity index (χ2n) is 7.87. The summed E-state index contributed by atoms with van der Waals surface area (Å²) in [5, 5.41) is 12.5. The monoisotopic (exact) mass is 373 g/mol. The fraction of sp³-hybridized carbons (Fsp3) is 0.765. The summed E-state index contributed by atoms with van der Waals surface area (Å²) in [7, 11) is 1.70. The van der Waals surface area contributed by atoms with Gasteiger partial charge in [-0.2, -0.15) is 0 Å². The minimum Gasteiger partial charge on any atom is -0.465 e. The van der Waals surface area contributed by atoms with E-state index in [0.717, 1.165) is 4.90 Å². The van der Waals surface area contributed by atoms with Crippen molar-refractivity contribution in [1.29, 1.82) is 0 Å². The van der Waals surface area contributed by atoms with Crippen molar-refractivity contribution < 1.29 is 28.2 Å². The number of rotatable bonds is 5. The first-order valence-corrected chi connectivity index (χ1v) is 8.72. The SMILES string of the molecule is C=CCOC(=O)C1(C)CC(CN2C3C(CN2C)N(C(=O)O)CC3(F)F)C1. The average Bonchev–Trinajstić information content (AvgIpc) is 2.98. The first kappa shape index (κ1) is 19.0. The first-order valence-electron chi connectivity index (χ1n) is 8.72. The van der Waals surface area contributed by atoms with E-state index in [4.69, 9.17) is 4.74 Å². The van der Waals surface area contributed by atoms with Crippen LogP contribution < -0.4 is 0 Å². The quantitative estimate of drug-likeness (QED) is 0.584. The Morgan fingerprint density at radius 3 is 2.62 bits per heavy atom. The molecule has 2 unspecified atom stereocenters. The molecule has 3 aliphatic rings. The molecule has 1 aliphatic carbocycles. The second kappa shape index (κ2) is 6.45. The molecule has 1 amide bonds. The largest absolute Gasteiger partial charge is 0.465 e. The van der Waals surface area contributed by atoms with Gasteiger partial charge in [0.1, 0.15) is 12.6 Å². The Balaban J connectivity index is 1.63. The molecule has 2 saturated heterocycles. The third-order valence-electron chi connectivity index (χ3n) is 5.78. The van der Waals surface area contributed by atoms with Crippen molar-refractivity contribution in [2.45, 2.75) is 37.8 Å². The number of carbonyl (C=O) groups is 2. The molecule has 3 fully saturated rings. The minimum atomic E-state index is -3.09. The van der Waals surface area contributed by atoms with Crippen molar-refractivity contribution in [3.05, 3.63) is 12.7 Å². The molecule has 0 aromatic heterocycles. The molecule has 1 saturated carbocycles. The molecule has 2 aliphatic heterocycles. The van der Waals surface area contributed by atoms with Gasteiger partial charge in [0.15, 0.2) is 0 Å². The number of likely N-dealkylation sites (tertiary alicyclic amines) is 1. The van der Waals surface area contributed by atoms with Gasteiger partial charge in [0.25, 0.3) is 5.92 Å². The number of likely N-dealkylation sites (N-methyl/N-ethyl adjacent to an activating group) is 1. The van der Waals surface area contributed by atoms with Gasteiger partial charge in [0, 0.05) is 20.1 Å². The molecule has 3 rings (SSSR count). The molecule has 146 valence electrons. The van der Waals surface area contributed by atoms with Crippen molar-refractivity contribution >= 4 is 12.1 Å². The number of esters is 1. The number of nitrogens with zero attached hydrogens (tertiary/aromatic N) is 3. The van der Waals surface area contributed by atoms with Crippen molar-refractivity contribution in [1.82, 2.24) is 14.9 Å². The Bertz CT molecular complexity index is 609. The number of hydrogen-bond acceptors (Lipinski definition) is 5. The predicted octanol–water partition coefficient (Wildman–Crippen LogP) is 1.66. The molecule has 0 bridgehead atoms. The van der Waals surface area contributed by atoms with Gasteiger partial charge in [-0.25, -0.2) is 23.6 Å². The molecule has 0 radical (unpaired) electrons. The van der Waals surface area contributed by atoms with Crippen LogP contribution in [0, 0.1) is 11.3 Å². The lowest BCUT2D eigenvalue weighted by atomic mass is 9.63. The van der Waals surface area contributed by atoms with E-state index in [-0.39, 0.29) is 25.0 Å². The summed E-state index contributed by atoms with van der Waals surface area (Å²) in [4.78, 5) is 24.2. The van der Waals surface area contributed by atoms with E-state index in [0.29, 0.717) is 19.4 Å². The fourth-order valence-electron chi connectivity index (χ4n) is 4.64. The van der Waals surface area contributed by atoms with Crippen LogP contribution in [0.15, 0.2) is 12.7 Å². The van der Waals surface area contributed by atoms with E-state index in [9.17, 15) is 23.5 Å². The Morgan fingerprint density at radius 2 is 2.04 bits per heavy atom. The topological polar surface area (TPSA) is 73.3 Å². The van der Waals surface area contributed by atoms with Gasteiger partial charge in [-0.3, -0.25) is 9.69 Å². The molecule has 2 heterocycles. The number of carbonyl (C=O) groups excluding carboxylic acids is 1. The van der Waals surface area contributed by atoms with E-state index < -0.39 is 36.1 Å². The maximum Gasteiger partial charge on any atom is 0.407 e. The Hall–Kier alpha value is -1.74. The summed E-state index contributed by atoms with van der Waals surface area (Å²) in [6.45, 7) is 5.35. The summed E-state index contributed by atoms with van der Waals surface area (Å²) in [5.74, 6) is -3.29. The molecule has 0 aromatic carbocycles. The highest BCUT2D eigenvalue weighted by atomic mass is 19.3. The lowest BCUT2D eigenvalue weighted by molar-refractivity contribution is -0.166. The van der Waals surface area contributed by atoms with E-state index in [1.165, 1.54) is 6.08 Å². The molecule has 26 heavy (non-hydrogen) atoms. The summed E-state index contributed by atoms with van der Waals surface area (Å²) < 4.78 is 34.0. The van der Waals surface area contributed by atoms with Gasteiger partial charge in [-0.05, 0) is 25.7 Å². The first-order chi connectivity index (χ1) is 12.1. The summed E-state index contributed by atoms with van der Waals surface area (Å²) in [6.07, 6.45) is 1.33. The van der Waals surface area contributed by atoms with Crippen LogP contribution in [0.2, 0.25) is 0 Å². The number of hydrogen-bond donors (Lipinski definition) is 1. The highest BCUT2D eigenvalue weighted by Crippen LogP contribution is 2.48. The molecular weight excluding hydrogens is 348 g/mol. The van der Waals surface area contributed by atoms with Gasteiger partial charge in [0.05, 0.1) is 18.0 Å². The zero-order chi connectivity index (χ0) is 19.3. The molecule has 0 aromatic rings. The maximum atomic E-state index is 14.5. The van der Waals surface area contributed by atoms with Crippen LogP contribution in [0.3, 0.4) is 0 Å². The lowest BCUT2D eigenvalue weighted by Gasteiger charge is -2.46. The third kappa shape index (κ3) is 3.07. The van der Waals surface area contributed by atoms with Gasteiger partial charge < -0.3 is 9.84 Å². The highest BCUT2D eigenvalue weighted by molar-refractivity contribution is 5.77. The van der Waals surface area contributed by atoms with Crippen molar-refractivity contribution in [2.24, 2.45) is 11.3 Å². The Morgan fingerprint density at radius 1 is 1.38 bits per heavy atom. The van der Waals surface area contributed by atoms with E-state index in [1.54, 1.807) is 17.1 Å². The smallest absolute Gasteiger partial charge is 0.407 e. The van der Waals surface area contributed by atoms with Crippen LogP contribution in [-0.2, 0) is 9.53 Å². The standard InChI is InChI=1S/C17H25F2N3O4/c1-4-5-26-14(23)16(2)6-11(7-16)8-22-13-12(9-20(22)3)21(15(24)25)10-17(13,18)19/h4,11-13H,1,5-10H2,2-3H3,(H,24,25). The maximum absolute atomic E-state index is 14.5. The number of fused-ring (bicyclic) bond motifs is 1. The average molecular weight is 373 g/mol. The number of carboxylic acid groups (broad SMARTS) is 1. The molecular formula is C17H25F2N3O4. The van der Waals surface area contributed by atoms with Crippen LogP contribution in [-0.4, -0.2) is 83.4 Å². The van der Waals surface area contributed by atoms with Crippen molar-refractivity contribution in [3.8, 4) is 0 Å². The number of amides is 1. The van der Waals surface area contributed by atoms with Gasteiger partial charge in [0.2, 0.25) is 0 Å². The number of halogens is 2. The number of hydrazine groups is 1. The second-order valence-corrected chi connectivity index (χ2v) is 7.87. The summed E-state index contributed by atoms with van der Waals surface area (Å²) in [6, 6.07) is -1.89. The van der Waals surface area contributed by atoms with E-state index in [2.05, 4.69) is 6.58 Å². The van der Waals surface area contributed by atoms with Gasteiger partial charge >= 0.3 is 12.1 Å². The third-order valence-corrected chi connectivity index (χ3v) is 5.78. The Kier molecular flexibility index (Phi) is 4.72. The van der Waals surface area contributed by atoms with Crippen molar-refractivity contribution in [3.63, 3.8) is 0 Å².